The van der Waals surface area contributed by atoms with Crippen LogP contribution in [0.15, 0.2) is 54.6 Å². The number of benzene rings is 2. The van der Waals surface area contributed by atoms with Crippen molar-refractivity contribution in [1.29, 1.82) is 0 Å². The molecule has 0 bridgehead atoms. The minimum absolute atomic E-state index is 0.0376. The molecule has 1 heterocycles. The first-order valence-corrected chi connectivity index (χ1v) is 11.7. The molecule has 0 spiro atoms. The molecule has 7 heteroatoms. The largest absolute Gasteiger partial charge is 0.497 e. The molecule has 2 amide bonds. The van der Waals surface area contributed by atoms with Crippen molar-refractivity contribution in [3.63, 3.8) is 0 Å². The number of ether oxygens (including phenoxy) is 2. The van der Waals surface area contributed by atoms with Crippen LogP contribution in [0.2, 0.25) is 0 Å². The number of urea groups is 1. The van der Waals surface area contributed by atoms with Gasteiger partial charge in [-0.25, -0.2) is 9.48 Å². The minimum Gasteiger partial charge on any atom is -0.497 e. The number of nitrogens with zero attached hydrogens (tertiary/aromatic N) is 3. The third-order valence-corrected chi connectivity index (χ3v) is 5.61. The summed E-state index contributed by atoms with van der Waals surface area (Å²) >= 11 is 0. The number of methoxy groups -OCH3 is 1. The Morgan fingerprint density at radius 3 is 2.26 bits per heavy atom. The van der Waals surface area contributed by atoms with E-state index in [9.17, 15) is 4.79 Å². The lowest BCUT2D eigenvalue weighted by molar-refractivity contribution is 0.164. The highest BCUT2D eigenvalue weighted by molar-refractivity contribution is 5.75. The Balaban J connectivity index is 2.05. The van der Waals surface area contributed by atoms with Gasteiger partial charge in [0.1, 0.15) is 11.5 Å². The Hall–Kier alpha value is -3.48. The Kier molecular flexibility index (Phi) is 7.87. The first-order chi connectivity index (χ1) is 16.1. The molecule has 1 N–H and O–H groups in total. The summed E-state index contributed by atoms with van der Waals surface area (Å²) in [4.78, 5) is 15.1. The molecule has 1 aromatic heterocycles. The summed E-state index contributed by atoms with van der Waals surface area (Å²) < 4.78 is 13.5. The smallest absolute Gasteiger partial charge is 0.318 e. The zero-order chi connectivity index (χ0) is 24.9. The van der Waals surface area contributed by atoms with Gasteiger partial charge in [0, 0.05) is 11.6 Å². The number of carbonyl (C=O) groups is 1. The predicted octanol–water partition coefficient (Wildman–Crippen LogP) is 6.09. The average Bonchev–Trinajstić information content (AvgIpc) is 3.11. The molecule has 34 heavy (non-hydrogen) atoms. The van der Waals surface area contributed by atoms with Crippen LogP contribution in [-0.4, -0.2) is 39.4 Å². The Morgan fingerprint density at radius 1 is 1.09 bits per heavy atom. The van der Waals surface area contributed by atoms with E-state index in [0.29, 0.717) is 18.2 Å². The van der Waals surface area contributed by atoms with Gasteiger partial charge in [-0.1, -0.05) is 25.1 Å². The van der Waals surface area contributed by atoms with Crippen molar-refractivity contribution in [2.24, 2.45) is 0 Å². The van der Waals surface area contributed by atoms with Crippen molar-refractivity contribution >= 4 is 6.03 Å². The maximum atomic E-state index is 13.2. The van der Waals surface area contributed by atoms with E-state index in [1.165, 1.54) is 0 Å². The van der Waals surface area contributed by atoms with Crippen LogP contribution in [0.4, 0.5) is 4.79 Å². The second-order valence-electron chi connectivity index (χ2n) is 9.46. The van der Waals surface area contributed by atoms with Gasteiger partial charge in [-0.3, -0.25) is 0 Å². The summed E-state index contributed by atoms with van der Waals surface area (Å²) in [7, 11) is 1.63. The summed E-state index contributed by atoms with van der Waals surface area (Å²) in [5.41, 5.74) is 2.22. The highest BCUT2D eigenvalue weighted by Crippen LogP contribution is 2.33. The summed E-state index contributed by atoms with van der Waals surface area (Å²) in [5, 5.41) is 7.89. The number of carbonyl (C=O) groups excluding carboxylic acids is 1. The van der Waals surface area contributed by atoms with Crippen LogP contribution in [0.5, 0.6) is 17.4 Å². The van der Waals surface area contributed by atoms with E-state index in [-0.39, 0.29) is 17.6 Å². The number of nitrogens with one attached hydrogen (secondary N) is 1. The lowest BCUT2D eigenvalue weighted by Crippen LogP contribution is -2.50. The van der Waals surface area contributed by atoms with Gasteiger partial charge in [-0.15, -0.1) is 0 Å². The molecule has 0 fully saturated rings. The van der Waals surface area contributed by atoms with Crippen LogP contribution in [0, 0.1) is 6.92 Å². The average molecular weight is 465 g/mol. The van der Waals surface area contributed by atoms with Crippen LogP contribution < -0.4 is 14.8 Å². The highest BCUT2D eigenvalue weighted by atomic mass is 16.5. The number of hydrogen-bond acceptors (Lipinski definition) is 4. The first kappa shape index (κ1) is 25.1. The number of hydrogen-bond donors (Lipinski definition) is 1. The van der Waals surface area contributed by atoms with E-state index >= 15 is 0 Å². The maximum absolute atomic E-state index is 13.2. The minimum atomic E-state index is -0.339. The second-order valence-corrected chi connectivity index (χ2v) is 9.46. The fraction of sp³-hybridized carbons (Fsp3) is 0.407. The molecular formula is C27H36N4O3. The van der Waals surface area contributed by atoms with Gasteiger partial charge in [0.15, 0.2) is 0 Å². The second kappa shape index (κ2) is 10.6. The zero-order valence-electron chi connectivity index (χ0n) is 21.3. The maximum Gasteiger partial charge on any atom is 0.318 e. The summed E-state index contributed by atoms with van der Waals surface area (Å²) in [6.45, 7) is 12.4. The van der Waals surface area contributed by atoms with Gasteiger partial charge in [-0.05, 0) is 77.4 Å². The molecule has 2 aromatic carbocycles. The third kappa shape index (κ3) is 6.10. The number of para-hydroxylation sites is 1. The fourth-order valence-electron chi connectivity index (χ4n) is 3.54. The van der Waals surface area contributed by atoms with Crippen molar-refractivity contribution in [3.05, 3.63) is 65.9 Å². The molecule has 0 aliphatic heterocycles. The first-order valence-electron chi connectivity index (χ1n) is 11.7. The molecule has 0 aliphatic carbocycles. The lowest BCUT2D eigenvalue weighted by atomic mass is 10.1. The van der Waals surface area contributed by atoms with Crippen LogP contribution in [0.3, 0.4) is 0 Å². The van der Waals surface area contributed by atoms with Crippen molar-refractivity contribution in [3.8, 4) is 23.1 Å². The normalized spacial score (nSPS) is 12.2. The van der Waals surface area contributed by atoms with E-state index in [4.69, 9.17) is 14.6 Å². The Bertz CT molecular complexity index is 1090. The Morgan fingerprint density at radius 2 is 1.71 bits per heavy atom. The number of aromatic nitrogens is 2. The molecule has 3 aromatic rings. The van der Waals surface area contributed by atoms with E-state index in [2.05, 4.69) is 19.2 Å². The summed E-state index contributed by atoms with van der Waals surface area (Å²) in [5.74, 6) is 2.00. The number of rotatable bonds is 8. The fourth-order valence-corrected chi connectivity index (χ4v) is 3.54. The third-order valence-electron chi connectivity index (χ3n) is 5.61. The monoisotopic (exact) mass is 464 g/mol. The van der Waals surface area contributed by atoms with E-state index in [1.54, 1.807) is 11.8 Å². The Labute approximate surface area is 202 Å². The quantitative estimate of drug-likeness (QED) is 0.438. The van der Waals surface area contributed by atoms with E-state index in [0.717, 1.165) is 29.1 Å². The van der Waals surface area contributed by atoms with Crippen molar-refractivity contribution in [1.82, 2.24) is 20.0 Å². The predicted molar refractivity (Wildman–Crippen MR) is 135 cm³/mol. The number of amides is 2. The van der Waals surface area contributed by atoms with E-state index < -0.39 is 0 Å². The molecule has 0 saturated heterocycles. The van der Waals surface area contributed by atoms with Crippen LogP contribution in [-0.2, 0) is 6.54 Å². The van der Waals surface area contributed by atoms with Gasteiger partial charge in [0.2, 0.25) is 5.88 Å². The zero-order valence-corrected chi connectivity index (χ0v) is 21.3. The van der Waals surface area contributed by atoms with Crippen LogP contribution in [0.25, 0.3) is 5.69 Å². The molecule has 0 saturated carbocycles. The molecule has 3 rings (SSSR count). The topological polar surface area (TPSA) is 68.6 Å². The molecule has 0 radical (unpaired) electrons. The standard InChI is InChI=1S/C27H36N4O3/c1-8-19(2)30(26(32)28-27(4,5)6)18-24-20(3)29-31(21-12-10-9-11-13-21)25(24)34-23-16-14-22(33-7)15-17-23/h9-17,19H,8,18H2,1-7H3,(H,28,32)/t19-/m0/s1. The van der Waals surface area contributed by atoms with Crippen LogP contribution >= 0.6 is 0 Å². The number of aryl methyl sites for hydroxylation is 1. The molecule has 0 aliphatic rings. The summed E-state index contributed by atoms with van der Waals surface area (Å²) in [6, 6.07) is 17.2. The highest BCUT2D eigenvalue weighted by Gasteiger charge is 2.28. The van der Waals surface area contributed by atoms with Crippen molar-refractivity contribution in [2.45, 2.75) is 66.1 Å². The summed E-state index contributed by atoms with van der Waals surface area (Å²) in [6.07, 6.45) is 0.831. The molecule has 7 nitrogen and oxygen atoms in total. The SMILES string of the molecule is CC[C@H](C)N(Cc1c(C)nn(-c2ccccc2)c1Oc1ccc(OC)cc1)C(=O)NC(C)(C)C. The van der Waals surface area contributed by atoms with Crippen LogP contribution in [0.1, 0.15) is 52.3 Å². The van der Waals surface area contributed by atoms with Gasteiger partial charge in [-0.2, -0.15) is 5.10 Å². The molecular weight excluding hydrogens is 428 g/mol. The molecule has 0 unspecified atom stereocenters. The van der Waals surface area contributed by atoms with E-state index in [1.807, 2.05) is 87.2 Å². The van der Waals surface area contributed by atoms with Gasteiger partial charge >= 0.3 is 6.03 Å². The lowest BCUT2D eigenvalue weighted by Gasteiger charge is -2.32. The van der Waals surface area contributed by atoms with Gasteiger partial charge in [0.25, 0.3) is 0 Å². The van der Waals surface area contributed by atoms with Crippen molar-refractivity contribution in [2.75, 3.05) is 7.11 Å². The molecule has 1 atom stereocenters. The van der Waals surface area contributed by atoms with Gasteiger partial charge < -0.3 is 19.7 Å². The van der Waals surface area contributed by atoms with Gasteiger partial charge in [0.05, 0.1) is 30.6 Å². The molecule has 182 valence electrons. The van der Waals surface area contributed by atoms with Crippen molar-refractivity contribution < 1.29 is 14.3 Å².